The molecule has 0 spiro atoms. The third-order valence-corrected chi connectivity index (χ3v) is 6.85. The van der Waals surface area contributed by atoms with Gasteiger partial charge >= 0.3 is 5.97 Å². The monoisotopic (exact) mass is 412 g/mol. The van der Waals surface area contributed by atoms with Gasteiger partial charge in [0.25, 0.3) is 0 Å². The molecule has 0 aliphatic carbocycles. The lowest BCUT2D eigenvalue weighted by Gasteiger charge is -2.18. The van der Waals surface area contributed by atoms with Crippen LogP contribution in [-0.2, 0) is 14.8 Å². The van der Waals surface area contributed by atoms with Crippen molar-refractivity contribution >= 4 is 38.4 Å². The largest absolute Gasteiger partial charge is 0.451 e. The van der Waals surface area contributed by atoms with E-state index in [1.165, 1.54) is 23.4 Å². The molecule has 0 radical (unpaired) electrons. The van der Waals surface area contributed by atoms with Crippen molar-refractivity contribution in [1.82, 2.24) is 4.98 Å². The van der Waals surface area contributed by atoms with Gasteiger partial charge in [-0.3, -0.25) is 9.10 Å². The summed E-state index contributed by atoms with van der Waals surface area (Å²) in [4.78, 5) is 28.4. The second-order valence-electron chi connectivity index (χ2n) is 6.95. The Balaban J connectivity index is 1.52. The molecule has 2 aromatic carbocycles. The Bertz CT molecular complexity index is 1200. The zero-order valence-corrected chi connectivity index (χ0v) is 16.6. The number of ketones is 1. The zero-order valence-electron chi connectivity index (χ0n) is 15.8. The molecule has 1 aliphatic heterocycles. The van der Waals surface area contributed by atoms with Gasteiger partial charge in [-0.05, 0) is 37.6 Å². The number of aromatic amines is 1. The van der Waals surface area contributed by atoms with Crippen LogP contribution in [0.15, 0.2) is 54.7 Å². The highest BCUT2D eigenvalue weighted by Gasteiger charge is 2.29. The molecule has 2 heterocycles. The van der Waals surface area contributed by atoms with E-state index in [9.17, 15) is 18.0 Å². The molecule has 150 valence electrons. The minimum atomic E-state index is -3.35. The number of fused-ring (bicyclic) bond motifs is 1. The van der Waals surface area contributed by atoms with Gasteiger partial charge in [-0.2, -0.15) is 0 Å². The van der Waals surface area contributed by atoms with Gasteiger partial charge in [-0.1, -0.05) is 24.3 Å². The number of para-hydroxylation sites is 1. The first-order valence-electron chi connectivity index (χ1n) is 9.28. The SMILES string of the molecule is C[C@@H](OC(=O)c1cccc(N2CCCS2(=O)=O)c1)C(=O)c1c[nH]c2ccccc12. The summed E-state index contributed by atoms with van der Waals surface area (Å²) in [6.45, 7) is 1.91. The summed E-state index contributed by atoms with van der Waals surface area (Å²) in [5.74, 6) is -0.893. The van der Waals surface area contributed by atoms with E-state index < -0.39 is 22.1 Å². The Morgan fingerprint density at radius 1 is 1.14 bits per heavy atom. The van der Waals surface area contributed by atoms with E-state index in [4.69, 9.17) is 4.74 Å². The molecule has 1 aromatic heterocycles. The Morgan fingerprint density at radius 2 is 1.93 bits per heavy atom. The van der Waals surface area contributed by atoms with Gasteiger partial charge in [0.2, 0.25) is 15.8 Å². The van der Waals surface area contributed by atoms with E-state index in [1.807, 2.05) is 24.3 Å². The van der Waals surface area contributed by atoms with Crippen LogP contribution in [0.25, 0.3) is 10.9 Å². The number of hydrogen-bond donors (Lipinski definition) is 1. The molecule has 3 aromatic rings. The molecule has 29 heavy (non-hydrogen) atoms. The number of ether oxygens (including phenoxy) is 1. The number of carbonyl (C=O) groups is 2. The Hall–Kier alpha value is -3.13. The predicted octanol–water partition coefficient (Wildman–Crippen LogP) is 3.14. The molecule has 1 aliphatic rings. The maximum absolute atomic E-state index is 12.8. The first kappa shape index (κ1) is 19.2. The molecule has 1 fully saturated rings. The lowest BCUT2D eigenvalue weighted by Crippen LogP contribution is -2.26. The molecular formula is C21H20N2O5S. The minimum absolute atomic E-state index is 0.0951. The predicted molar refractivity (Wildman–Crippen MR) is 110 cm³/mol. The maximum Gasteiger partial charge on any atom is 0.338 e. The van der Waals surface area contributed by atoms with Gasteiger partial charge in [0.15, 0.2) is 6.10 Å². The second kappa shape index (κ2) is 7.36. The van der Waals surface area contributed by atoms with Crippen molar-refractivity contribution in [3.63, 3.8) is 0 Å². The zero-order chi connectivity index (χ0) is 20.6. The van der Waals surface area contributed by atoms with E-state index in [-0.39, 0.29) is 17.1 Å². The molecular weight excluding hydrogens is 392 g/mol. The molecule has 1 atom stereocenters. The Labute approximate surface area is 168 Å². The standard InChI is InChI=1S/C21H20N2O5S/c1-14(20(24)18-13-22-19-9-3-2-8-17(18)19)28-21(25)15-6-4-7-16(12-15)23-10-5-11-29(23,26)27/h2-4,6-9,12-14,22H,5,10-11H2,1H3/t14-/m1/s1. The van der Waals surface area contributed by atoms with E-state index in [0.717, 1.165) is 10.9 Å². The lowest BCUT2D eigenvalue weighted by molar-refractivity contribution is 0.0319. The highest BCUT2D eigenvalue weighted by atomic mass is 32.2. The second-order valence-corrected chi connectivity index (χ2v) is 8.96. The van der Waals surface area contributed by atoms with Crippen LogP contribution in [0.3, 0.4) is 0 Å². The molecule has 0 amide bonds. The maximum atomic E-state index is 12.8. The minimum Gasteiger partial charge on any atom is -0.451 e. The van der Waals surface area contributed by atoms with E-state index in [2.05, 4.69) is 4.98 Å². The Kier molecular flexibility index (Phi) is 4.87. The number of rotatable bonds is 5. The van der Waals surface area contributed by atoms with Gasteiger partial charge in [0.1, 0.15) is 0 Å². The quantitative estimate of drug-likeness (QED) is 0.513. The number of carbonyl (C=O) groups excluding carboxylic acids is 2. The number of esters is 1. The molecule has 8 heteroatoms. The first-order valence-corrected chi connectivity index (χ1v) is 10.9. The molecule has 7 nitrogen and oxygen atoms in total. The smallest absolute Gasteiger partial charge is 0.338 e. The van der Waals surface area contributed by atoms with Crippen LogP contribution in [0.4, 0.5) is 5.69 Å². The van der Waals surface area contributed by atoms with Gasteiger partial charge in [0, 0.05) is 29.2 Å². The number of benzene rings is 2. The summed E-state index contributed by atoms with van der Waals surface area (Å²) >= 11 is 0. The molecule has 1 saturated heterocycles. The van der Waals surface area contributed by atoms with Gasteiger partial charge in [0.05, 0.1) is 17.0 Å². The third-order valence-electron chi connectivity index (χ3n) is 4.98. The van der Waals surface area contributed by atoms with Crippen LogP contribution in [0, 0.1) is 0 Å². The van der Waals surface area contributed by atoms with Gasteiger partial charge in [-0.15, -0.1) is 0 Å². The van der Waals surface area contributed by atoms with Crippen molar-refractivity contribution in [3.8, 4) is 0 Å². The number of nitrogens with zero attached hydrogens (tertiary/aromatic N) is 1. The lowest BCUT2D eigenvalue weighted by atomic mass is 10.1. The van der Waals surface area contributed by atoms with Crippen molar-refractivity contribution < 1.29 is 22.7 Å². The van der Waals surface area contributed by atoms with Crippen LogP contribution in [-0.4, -0.2) is 43.6 Å². The Morgan fingerprint density at radius 3 is 2.69 bits per heavy atom. The average molecular weight is 412 g/mol. The van der Waals surface area contributed by atoms with E-state index in [1.54, 1.807) is 18.3 Å². The number of aromatic nitrogens is 1. The average Bonchev–Trinajstić information content (AvgIpc) is 3.30. The van der Waals surface area contributed by atoms with E-state index in [0.29, 0.717) is 24.2 Å². The molecule has 0 saturated carbocycles. The van der Waals surface area contributed by atoms with Crippen LogP contribution < -0.4 is 4.31 Å². The normalized spacial score (nSPS) is 16.7. The van der Waals surface area contributed by atoms with Crippen LogP contribution in [0.1, 0.15) is 34.1 Å². The van der Waals surface area contributed by atoms with Crippen molar-refractivity contribution in [1.29, 1.82) is 0 Å². The van der Waals surface area contributed by atoms with E-state index >= 15 is 0 Å². The summed E-state index contributed by atoms with van der Waals surface area (Å²) in [7, 11) is -3.35. The van der Waals surface area contributed by atoms with Crippen LogP contribution in [0.2, 0.25) is 0 Å². The number of Topliss-reactive ketones (excluding diaryl/α,β-unsaturated/α-hetero) is 1. The highest BCUT2D eigenvalue weighted by molar-refractivity contribution is 7.93. The van der Waals surface area contributed by atoms with Gasteiger partial charge < -0.3 is 9.72 Å². The summed E-state index contributed by atoms with van der Waals surface area (Å²) in [6.07, 6.45) is 1.17. The molecule has 1 N–H and O–H groups in total. The van der Waals surface area contributed by atoms with Crippen molar-refractivity contribution in [2.75, 3.05) is 16.6 Å². The summed E-state index contributed by atoms with van der Waals surface area (Å²) in [6, 6.07) is 13.7. The number of anilines is 1. The fourth-order valence-corrected chi connectivity index (χ4v) is 5.05. The summed E-state index contributed by atoms with van der Waals surface area (Å²) in [5.41, 5.74) is 1.91. The van der Waals surface area contributed by atoms with Crippen LogP contribution in [0.5, 0.6) is 0 Å². The summed E-state index contributed by atoms with van der Waals surface area (Å²) < 4.78 is 30.9. The first-order chi connectivity index (χ1) is 13.9. The van der Waals surface area contributed by atoms with Crippen molar-refractivity contribution in [2.24, 2.45) is 0 Å². The van der Waals surface area contributed by atoms with Crippen LogP contribution >= 0.6 is 0 Å². The number of hydrogen-bond acceptors (Lipinski definition) is 5. The fourth-order valence-electron chi connectivity index (χ4n) is 3.49. The molecule has 4 rings (SSSR count). The molecule has 0 bridgehead atoms. The van der Waals surface area contributed by atoms with Crippen molar-refractivity contribution in [3.05, 3.63) is 65.9 Å². The summed E-state index contributed by atoms with van der Waals surface area (Å²) in [5, 5.41) is 0.765. The number of H-pyrrole nitrogens is 1. The number of sulfonamides is 1. The fraction of sp³-hybridized carbons (Fsp3) is 0.238. The highest BCUT2D eigenvalue weighted by Crippen LogP contribution is 2.25. The van der Waals surface area contributed by atoms with Crippen molar-refractivity contribution in [2.45, 2.75) is 19.4 Å². The topological polar surface area (TPSA) is 96.5 Å². The number of nitrogens with one attached hydrogen (secondary N) is 1. The third kappa shape index (κ3) is 3.63. The van der Waals surface area contributed by atoms with Gasteiger partial charge in [-0.25, -0.2) is 13.2 Å². The molecule has 0 unspecified atom stereocenters.